The number of hydrogen-bond acceptors (Lipinski definition) is 3. The number of nitrogens with zero attached hydrogens (tertiary/aromatic N) is 3. The van der Waals surface area contributed by atoms with Crippen molar-refractivity contribution in [3.8, 4) is 0 Å². The Balaban J connectivity index is 1.33. The van der Waals surface area contributed by atoms with E-state index in [1.54, 1.807) is 0 Å². The fourth-order valence-corrected chi connectivity index (χ4v) is 4.08. The van der Waals surface area contributed by atoms with Crippen molar-refractivity contribution in [1.82, 2.24) is 15.6 Å². The van der Waals surface area contributed by atoms with Gasteiger partial charge in [-0.1, -0.05) is 23.7 Å². The van der Waals surface area contributed by atoms with Crippen LogP contribution >= 0.6 is 11.6 Å². The van der Waals surface area contributed by atoms with E-state index in [1.165, 1.54) is 36.8 Å². The highest BCUT2D eigenvalue weighted by atomic mass is 35.5. The topological polar surface area (TPSA) is 52.6 Å². The number of aromatic nitrogens is 1. The Morgan fingerprint density at radius 3 is 2.71 bits per heavy atom. The SMILES string of the molecule is CN=C(NCc1ccnc(N2CCCC2)c1)NCC1(c2cccc(Cl)c2)CC1. The van der Waals surface area contributed by atoms with E-state index in [4.69, 9.17) is 11.6 Å². The lowest BCUT2D eigenvalue weighted by atomic mass is 9.96. The number of anilines is 1. The van der Waals surface area contributed by atoms with E-state index in [1.807, 2.05) is 25.4 Å². The minimum absolute atomic E-state index is 0.183. The van der Waals surface area contributed by atoms with Crippen LogP contribution in [0.1, 0.15) is 36.8 Å². The van der Waals surface area contributed by atoms with E-state index < -0.39 is 0 Å². The quantitative estimate of drug-likeness (QED) is 0.576. The van der Waals surface area contributed by atoms with E-state index in [0.29, 0.717) is 0 Å². The van der Waals surface area contributed by atoms with Gasteiger partial charge in [0.05, 0.1) is 0 Å². The summed E-state index contributed by atoms with van der Waals surface area (Å²) in [4.78, 5) is 11.3. The molecule has 2 N–H and O–H groups in total. The molecule has 1 aromatic heterocycles. The van der Waals surface area contributed by atoms with Crippen LogP contribution in [0.4, 0.5) is 5.82 Å². The first-order valence-electron chi connectivity index (χ1n) is 10.1. The van der Waals surface area contributed by atoms with Crippen molar-refractivity contribution in [3.63, 3.8) is 0 Å². The van der Waals surface area contributed by atoms with Gasteiger partial charge in [-0.25, -0.2) is 4.98 Å². The maximum atomic E-state index is 6.18. The normalized spacial score (nSPS) is 18.2. The first-order valence-corrected chi connectivity index (χ1v) is 10.5. The van der Waals surface area contributed by atoms with Crippen molar-refractivity contribution in [3.05, 3.63) is 58.7 Å². The van der Waals surface area contributed by atoms with Gasteiger partial charge in [-0.3, -0.25) is 4.99 Å². The average molecular weight is 398 g/mol. The summed E-state index contributed by atoms with van der Waals surface area (Å²) in [6, 6.07) is 12.5. The molecule has 0 bridgehead atoms. The number of aliphatic imine (C=N–C) groups is 1. The largest absolute Gasteiger partial charge is 0.357 e. The molecule has 1 saturated heterocycles. The van der Waals surface area contributed by atoms with Crippen molar-refractivity contribution < 1.29 is 0 Å². The Labute approximate surface area is 172 Å². The lowest BCUT2D eigenvalue weighted by Gasteiger charge is -2.20. The fourth-order valence-electron chi connectivity index (χ4n) is 3.89. The van der Waals surface area contributed by atoms with Crippen LogP contribution in [-0.4, -0.2) is 37.6 Å². The Kier molecular flexibility index (Phi) is 5.72. The summed E-state index contributed by atoms with van der Waals surface area (Å²) in [5, 5.41) is 7.74. The predicted octanol–water partition coefficient (Wildman–Crippen LogP) is 3.73. The molecule has 1 aliphatic carbocycles. The smallest absolute Gasteiger partial charge is 0.191 e. The van der Waals surface area contributed by atoms with Gasteiger partial charge in [-0.15, -0.1) is 0 Å². The molecule has 4 rings (SSSR count). The van der Waals surface area contributed by atoms with Gasteiger partial charge in [0, 0.05) is 49.9 Å². The molecular weight excluding hydrogens is 370 g/mol. The summed E-state index contributed by atoms with van der Waals surface area (Å²) < 4.78 is 0. The van der Waals surface area contributed by atoms with Crippen LogP contribution in [0.15, 0.2) is 47.6 Å². The second kappa shape index (κ2) is 8.39. The van der Waals surface area contributed by atoms with Gasteiger partial charge in [0.25, 0.3) is 0 Å². The second-order valence-corrected chi connectivity index (χ2v) is 8.22. The van der Waals surface area contributed by atoms with Gasteiger partial charge >= 0.3 is 0 Å². The molecule has 0 spiro atoms. The molecule has 6 heteroatoms. The van der Waals surface area contributed by atoms with Crippen LogP contribution < -0.4 is 15.5 Å². The third-order valence-electron chi connectivity index (χ3n) is 5.81. The standard InChI is InChI=1S/C22H28ClN5/c1-24-21(27-16-22(8-9-22)18-5-4-6-19(23)14-18)26-15-17-7-10-25-20(13-17)28-11-2-3-12-28/h4-7,10,13-14H,2-3,8-9,11-12,15-16H2,1H3,(H2,24,26,27). The van der Waals surface area contributed by atoms with Crippen LogP contribution in [0, 0.1) is 0 Å². The number of nitrogens with one attached hydrogen (secondary N) is 2. The molecule has 1 saturated carbocycles. The number of pyridine rings is 1. The lowest BCUT2D eigenvalue weighted by molar-refractivity contribution is 0.645. The first-order chi connectivity index (χ1) is 13.7. The molecule has 2 aromatic rings. The minimum Gasteiger partial charge on any atom is -0.357 e. The van der Waals surface area contributed by atoms with Gasteiger partial charge in [0.2, 0.25) is 0 Å². The molecule has 0 amide bonds. The maximum Gasteiger partial charge on any atom is 0.191 e. The Morgan fingerprint density at radius 1 is 1.18 bits per heavy atom. The molecule has 1 aliphatic heterocycles. The Morgan fingerprint density at radius 2 is 2.00 bits per heavy atom. The number of hydrogen-bond donors (Lipinski definition) is 2. The first kappa shape index (κ1) is 19.1. The van der Waals surface area contributed by atoms with Crippen LogP contribution in [0.5, 0.6) is 0 Å². The second-order valence-electron chi connectivity index (χ2n) is 7.79. The van der Waals surface area contributed by atoms with E-state index in [2.05, 4.69) is 49.8 Å². The lowest BCUT2D eigenvalue weighted by Crippen LogP contribution is -2.40. The van der Waals surface area contributed by atoms with Crippen LogP contribution in [0.3, 0.4) is 0 Å². The molecule has 5 nitrogen and oxygen atoms in total. The summed E-state index contributed by atoms with van der Waals surface area (Å²) in [5.74, 6) is 1.91. The highest BCUT2D eigenvalue weighted by molar-refractivity contribution is 6.30. The molecule has 0 unspecified atom stereocenters. The average Bonchev–Trinajstić information content (AvgIpc) is 3.31. The molecule has 1 aromatic carbocycles. The third kappa shape index (κ3) is 4.41. The van der Waals surface area contributed by atoms with Crippen molar-refractivity contribution in [2.75, 3.05) is 31.6 Å². The van der Waals surface area contributed by atoms with E-state index >= 15 is 0 Å². The summed E-state index contributed by atoms with van der Waals surface area (Å²) in [6.45, 7) is 3.81. The zero-order valence-electron chi connectivity index (χ0n) is 16.4. The zero-order valence-corrected chi connectivity index (χ0v) is 17.2. The number of benzene rings is 1. The predicted molar refractivity (Wildman–Crippen MR) is 116 cm³/mol. The summed E-state index contributed by atoms with van der Waals surface area (Å²) >= 11 is 6.18. The van der Waals surface area contributed by atoms with Crippen LogP contribution in [0.25, 0.3) is 0 Å². The molecular formula is C22H28ClN5. The number of halogens is 1. The van der Waals surface area contributed by atoms with Gasteiger partial charge in [0.15, 0.2) is 5.96 Å². The maximum absolute atomic E-state index is 6.18. The van der Waals surface area contributed by atoms with Crippen molar-refractivity contribution in [2.24, 2.45) is 4.99 Å². The zero-order chi connectivity index (χ0) is 19.4. The molecule has 2 heterocycles. The highest BCUT2D eigenvalue weighted by Gasteiger charge is 2.44. The summed E-state index contributed by atoms with van der Waals surface area (Å²) in [7, 11) is 1.82. The Hall–Kier alpha value is -2.27. The van der Waals surface area contributed by atoms with Crippen LogP contribution in [0.2, 0.25) is 5.02 Å². The van der Waals surface area contributed by atoms with Crippen molar-refractivity contribution in [2.45, 2.75) is 37.6 Å². The molecule has 0 radical (unpaired) electrons. The monoisotopic (exact) mass is 397 g/mol. The molecule has 28 heavy (non-hydrogen) atoms. The molecule has 148 valence electrons. The third-order valence-corrected chi connectivity index (χ3v) is 6.04. The summed E-state index contributed by atoms with van der Waals surface area (Å²) in [6.07, 6.45) is 6.78. The molecule has 0 atom stereocenters. The molecule has 2 fully saturated rings. The number of guanidine groups is 1. The summed E-state index contributed by atoms with van der Waals surface area (Å²) in [5.41, 5.74) is 2.71. The van der Waals surface area contributed by atoms with Gasteiger partial charge in [-0.05, 0) is 61.1 Å². The van der Waals surface area contributed by atoms with Gasteiger partial charge in [0.1, 0.15) is 5.82 Å². The van der Waals surface area contributed by atoms with Gasteiger partial charge in [-0.2, -0.15) is 0 Å². The highest BCUT2D eigenvalue weighted by Crippen LogP contribution is 2.48. The van der Waals surface area contributed by atoms with Crippen molar-refractivity contribution >= 4 is 23.4 Å². The van der Waals surface area contributed by atoms with E-state index in [9.17, 15) is 0 Å². The van der Waals surface area contributed by atoms with Gasteiger partial charge < -0.3 is 15.5 Å². The Bertz CT molecular complexity index is 840. The molecule has 2 aliphatic rings. The van der Waals surface area contributed by atoms with E-state index in [-0.39, 0.29) is 5.41 Å². The van der Waals surface area contributed by atoms with E-state index in [0.717, 1.165) is 43.0 Å². The van der Waals surface area contributed by atoms with Crippen molar-refractivity contribution in [1.29, 1.82) is 0 Å². The minimum atomic E-state index is 0.183. The number of rotatable bonds is 6. The van der Waals surface area contributed by atoms with Crippen LogP contribution in [-0.2, 0) is 12.0 Å². The fraction of sp³-hybridized carbons (Fsp3) is 0.455.